The van der Waals surface area contributed by atoms with Crippen molar-refractivity contribution in [1.29, 1.82) is 0 Å². The third kappa shape index (κ3) is 1.92. The number of benzene rings is 1. The molecule has 0 saturated heterocycles. The van der Waals surface area contributed by atoms with Gasteiger partial charge in [-0.25, -0.2) is 18.2 Å². The summed E-state index contributed by atoms with van der Waals surface area (Å²) in [6.45, 7) is -1.27. The minimum atomic E-state index is -1.63. The Morgan fingerprint density at radius 3 is 2.71 bits per heavy atom. The Hall–Kier alpha value is -1.41. The minimum absolute atomic E-state index is 0.0148. The van der Waals surface area contributed by atoms with E-state index < -0.39 is 34.5 Å². The monoisotopic (exact) mass is 317 g/mol. The number of rotatable bonds is 3. The van der Waals surface area contributed by atoms with Crippen molar-refractivity contribution in [2.24, 2.45) is 16.6 Å². The lowest BCUT2D eigenvalue weighted by Gasteiger charge is -2.34. The number of aliphatic hydroxyl groups excluding tert-OH is 1. The van der Waals surface area contributed by atoms with Crippen molar-refractivity contribution in [3.05, 3.63) is 29.3 Å². The van der Waals surface area contributed by atoms with Gasteiger partial charge >= 0.3 is 0 Å². The highest BCUT2D eigenvalue weighted by Gasteiger charge is 2.68. The van der Waals surface area contributed by atoms with Gasteiger partial charge in [0.1, 0.15) is 12.2 Å². The van der Waals surface area contributed by atoms with Gasteiger partial charge in [-0.3, -0.25) is 0 Å². The molecule has 3 atom stereocenters. The maximum absolute atomic E-state index is 14.2. The van der Waals surface area contributed by atoms with E-state index in [4.69, 9.17) is 11.5 Å². The highest BCUT2D eigenvalue weighted by molar-refractivity contribution is 8.15. The number of hydrogen-bond donors (Lipinski definition) is 3. The second kappa shape index (κ2) is 4.54. The van der Waals surface area contributed by atoms with E-state index in [-0.39, 0.29) is 23.0 Å². The summed E-state index contributed by atoms with van der Waals surface area (Å²) in [6.07, 6.45) is 0.429. The standard InChI is InChI=1S/C13H14F3N3OS/c14-4-13(7-1-6(17)2-8(15)10(7)16)9-3-12(9,5-20)21-11(18)19-13/h1-2,9,20H,3-5,17H2,(H2,18,19)/t9-,12-,13-/m1/s1. The van der Waals surface area contributed by atoms with Gasteiger partial charge in [-0.2, -0.15) is 0 Å². The van der Waals surface area contributed by atoms with E-state index in [2.05, 4.69) is 4.99 Å². The molecule has 0 radical (unpaired) electrons. The van der Waals surface area contributed by atoms with E-state index in [1.54, 1.807) is 0 Å². The van der Waals surface area contributed by atoms with Gasteiger partial charge in [0.25, 0.3) is 0 Å². The molecule has 114 valence electrons. The van der Waals surface area contributed by atoms with Crippen LogP contribution in [0.5, 0.6) is 0 Å². The highest BCUT2D eigenvalue weighted by Crippen LogP contribution is 2.65. The molecule has 0 bridgehead atoms. The fourth-order valence-corrected chi connectivity index (χ4v) is 4.36. The number of nitrogens with zero attached hydrogens (tertiary/aromatic N) is 1. The Morgan fingerprint density at radius 1 is 1.38 bits per heavy atom. The van der Waals surface area contributed by atoms with Crippen LogP contribution in [0.2, 0.25) is 0 Å². The van der Waals surface area contributed by atoms with Gasteiger partial charge in [0.2, 0.25) is 0 Å². The Kier molecular flexibility index (Phi) is 3.14. The average Bonchev–Trinajstić information content (AvgIpc) is 3.17. The molecule has 3 rings (SSSR count). The number of halogens is 3. The number of alkyl halides is 1. The highest BCUT2D eigenvalue weighted by atomic mass is 32.2. The first-order valence-corrected chi connectivity index (χ1v) is 7.16. The van der Waals surface area contributed by atoms with Crippen LogP contribution >= 0.6 is 11.8 Å². The summed E-state index contributed by atoms with van der Waals surface area (Å²) in [7, 11) is 0. The van der Waals surface area contributed by atoms with Crippen LogP contribution in [-0.4, -0.2) is 28.3 Å². The number of anilines is 1. The van der Waals surface area contributed by atoms with E-state index in [9.17, 15) is 18.3 Å². The summed E-state index contributed by atoms with van der Waals surface area (Å²) in [4.78, 5) is 4.07. The van der Waals surface area contributed by atoms with Crippen LogP contribution in [-0.2, 0) is 5.54 Å². The van der Waals surface area contributed by atoms with Crippen molar-refractivity contribution < 1.29 is 18.3 Å². The Morgan fingerprint density at radius 2 is 2.10 bits per heavy atom. The van der Waals surface area contributed by atoms with Crippen LogP contribution in [0, 0.1) is 17.6 Å². The number of fused-ring (bicyclic) bond motifs is 1. The summed E-state index contributed by atoms with van der Waals surface area (Å²) < 4.78 is 40.9. The lowest BCUT2D eigenvalue weighted by atomic mass is 9.84. The van der Waals surface area contributed by atoms with Crippen molar-refractivity contribution in [3.8, 4) is 0 Å². The maximum Gasteiger partial charge on any atom is 0.164 e. The molecule has 0 unspecified atom stereocenters. The van der Waals surface area contributed by atoms with Gasteiger partial charge in [-0.05, 0) is 18.6 Å². The van der Waals surface area contributed by atoms with Crippen molar-refractivity contribution in [1.82, 2.24) is 0 Å². The lowest BCUT2D eigenvalue weighted by molar-refractivity contribution is 0.230. The molecule has 1 heterocycles. The summed E-state index contributed by atoms with van der Waals surface area (Å²) in [5.41, 5.74) is 9.37. The molecule has 0 spiro atoms. The Bertz CT molecular complexity index is 641. The predicted octanol–water partition coefficient (Wildman–Crippen LogP) is 1.52. The van der Waals surface area contributed by atoms with Crippen molar-refractivity contribution >= 4 is 22.6 Å². The fraction of sp³-hybridized carbons (Fsp3) is 0.462. The molecule has 1 saturated carbocycles. The van der Waals surface area contributed by atoms with Gasteiger partial charge in [-0.15, -0.1) is 0 Å². The molecule has 5 N–H and O–H groups in total. The Balaban J connectivity index is 2.20. The Labute approximate surface area is 123 Å². The third-order valence-corrected chi connectivity index (χ3v) is 5.49. The number of nitrogens with two attached hydrogens (primary N) is 2. The fourth-order valence-electron chi connectivity index (χ4n) is 3.08. The van der Waals surface area contributed by atoms with E-state index in [1.165, 1.54) is 6.07 Å². The van der Waals surface area contributed by atoms with Crippen LogP contribution in [0.3, 0.4) is 0 Å². The molecule has 2 aliphatic rings. The lowest BCUT2D eigenvalue weighted by Crippen LogP contribution is -2.41. The van der Waals surface area contributed by atoms with E-state index in [0.29, 0.717) is 6.42 Å². The van der Waals surface area contributed by atoms with Gasteiger partial charge in [0.15, 0.2) is 16.8 Å². The van der Waals surface area contributed by atoms with E-state index in [0.717, 1.165) is 17.8 Å². The molecular formula is C13H14F3N3OS. The zero-order chi connectivity index (χ0) is 15.4. The molecule has 4 nitrogen and oxygen atoms in total. The second-order valence-electron chi connectivity index (χ2n) is 5.45. The predicted molar refractivity (Wildman–Crippen MR) is 75.6 cm³/mol. The summed E-state index contributed by atoms with van der Waals surface area (Å²) in [5.74, 6) is -2.78. The molecule has 0 amide bonds. The second-order valence-corrected chi connectivity index (χ2v) is 6.89. The first-order valence-electron chi connectivity index (χ1n) is 6.35. The van der Waals surface area contributed by atoms with E-state index in [1.807, 2.05) is 0 Å². The van der Waals surface area contributed by atoms with Crippen LogP contribution < -0.4 is 11.5 Å². The quantitative estimate of drug-likeness (QED) is 0.738. The first kappa shape index (κ1) is 14.5. The zero-order valence-electron chi connectivity index (χ0n) is 10.9. The minimum Gasteiger partial charge on any atom is -0.399 e. The number of amidine groups is 1. The maximum atomic E-state index is 14.2. The number of aliphatic hydroxyl groups is 1. The number of thioether (sulfide) groups is 1. The largest absolute Gasteiger partial charge is 0.399 e. The van der Waals surface area contributed by atoms with Crippen LogP contribution in [0.25, 0.3) is 0 Å². The van der Waals surface area contributed by atoms with Gasteiger partial charge in [-0.1, -0.05) is 11.8 Å². The number of hydrogen-bond acceptors (Lipinski definition) is 5. The van der Waals surface area contributed by atoms with Crippen molar-refractivity contribution in [2.45, 2.75) is 16.7 Å². The molecule has 1 aromatic rings. The molecular weight excluding hydrogens is 303 g/mol. The van der Waals surface area contributed by atoms with Crippen LogP contribution in [0.15, 0.2) is 17.1 Å². The smallest absolute Gasteiger partial charge is 0.164 e. The normalized spacial score (nSPS) is 34.3. The average molecular weight is 317 g/mol. The van der Waals surface area contributed by atoms with E-state index >= 15 is 0 Å². The molecule has 0 aromatic heterocycles. The van der Waals surface area contributed by atoms with Crippen LogP contribution in [0.1, 0.15) is 12.0 Å². The summed E-state index contributed by atoms with van der Waals surface area (Å²) >= 11 is 1.15. The first-order chi connectivity index (χ1) is 9.88. The molecule has 1 aliphatic heterocycles. The molecule has 1 fully saturated rings. The zero-order valence-corrected chi connectivity index (χ0v) is 11.8. The molecule has 1 aromatic carbocycles. The topological polar surface area (TPSA) is 84.6 Å². The van der Waals surface area contributed by atoms with Gasteiger partial charge in [0.05, 0.1) is 11.4 Å². The SMILES string of the molecule is NC1=N[C@](CF)(c2cc(N)cc(F)c2F)[C@@H]2C[C@]2(CO)S1. The van der Waals surface area contributed by atoms with Gasteiger partial charge in [0, 0.05) is 17.2 Å². The molecule has 21 heavy (non-hydrogen) atoms. The summed E-state index contributed by atoms with van der Waals surface area (Å²) in [5, 5.41) is 9.57. The summed E-state index contributed by atoms with van der Waals surface area (Å²) in [6, 6.07) is 2.02. The van der Waals surface area contributed by atoms with Crippen molar-refractivity contribution in [3.63, 3.8) is 0 Å². The molecule has 8 heteroatoms. The van der Waals surface area contributed by atoms with Crippen LogP contribution in [0.4, 0.5) is 18.9 Å². The number of nitrogen functional groups attached to an aromatic ring is 1. The molecule has 1 aliphatic carbocycles. The van der Waals surface area contributed by atoms with Gasteiger partial charge < -0.3 is 16.6 Å². The van der Waals surface area contributed by atoms with Crippen molar-refractivity contribution in [2.75, 3.05) is 19.0 Å². The number of aliphatic imine (C=N–C) groups is 1. The third-order valence-electron chi connectivity index (χ3n) is 4.21.